The Balaban J connectivity index is 2.48. The first-order chi connectivity index (χ1) is 8.95. The first-order valence-electron chi connectivity index (χ1n) is 5.82. The molecule has 2 N–H and O–H groups in total. The predicted octanol–water partition coefficient (Wildman–Crippen LogP) is 0.938. The van der Waals surface area contributed by atoms with Crippen LogP contribution < -0.4 is 10.8 Å². The second kappa shape index (κ2) is 7.03. The second-order valence-electron chi connectivity index (χ2n) is 3.96. The highest BCUT2D eigenvalue weighted by molar-refractivity contribution is 8.03. The summed E-state index contributed by atoms with van der Waals surface area (Å²) in [7, 11) is 1.36. The zero-order valence-electron chi connectivity index (χ0n) is 11.1. The molecule has 0 radical (unpaired) electrons. The van der Waals surface area contributed by atoms with Crippen molar-refractivity contribution in [3.63, 3.8) is 0 Å². The third-order valence-electron chi connectivity index (χ3n) is 2.36. The summed E-state index contributed by atoms with van der Waals surface area (Å²) in [4.78, 5) is 39.8. The van der Waals surface area contributed by atoms with E-state index in [0.717, 1.165) is 4.90 Å². The molecule has 19 heavy (non-hydrogen) atoms. The SMILES string of the molecule is CCCC(=O)N(C)C(=O)ONC1=C(C)NC(=O)CS1. The predicted molar refractivity (Wildman–Crippen MR) is 70.6 cm³/mol. The van der Waals surface area contributed by atoms with Crippen molar-refractivity contribution in [3.8, 4) is 0 Å². The number of carbonyl (C=O) groups excluding carboxylic acids is 3. The van der Waals surface area contributed by atoms with E-state index in [4.69, 9.17) is 4.84 Å². The monoisotopic (exact) mass is 287 g/mol. The van der Waals surface area contributed by atoms with Crippen molar-refractivity contribution in [2.75, 3.05) is 12.8 Å². The van der Waals surface area contributed by atoms with E-state index in [1.54, 1.807) is 6.92 Å². The third-order valence-corrected chi connectivity index (χ3v) is 3.44. The van der Waals surface area contributed by atoms with Gasteiger partial charge in [-0.05, 0) is 13.3 Å². The number of allylic oxidation sites excluding steroid dienone is 1. The lowest BCUT2D eigenvalue weighted by atomic mass is 10.3. The normalized spacial score (nSPS) is 14.8. The Morgan fingerprint density at radius 3 is 2.79 bits per heavy atom. The summed E-state index contributed by atoms with van der Waals surface area (Å²) >= 11 is 1.23. The lowest BCUT2D eigenvalue weighted by Gasteiger charge is -2.20. The largest absolute Gasteiger partial charge is 0.440 e. The van der Waals surface area contributed by atoms with E-state index in [-0.39, 0.29) is 24.0 Å². The topological polar surface area (TPSA) is 87.7 Å². The number of nitrogens with one attached hydrogen (secondary N) is 2. The fourth-order valence-corrected chi connectivity index (χ4v) is 2.01. The number of carbonyl (C=O) groups is 3. The number of thioether (sulfide) groups is 1. The van der Waals surface area contributed by atoms with Crippen LogP contribution in [0.3, 0.4) is 0 Å². The summed E-state index contributed by atoms with van der Waals surface area (Å²) in [5, 5.41) is 3.16. The number of hydroxylamine groups is 1. The Morgan fingerprint density at radius 2 is 2.21 bits per heavy atom. The first kappa shape index (κ1) is 15.4. The van der Waals surface area contributed by atoms with E-state index in [9.17, 15) is 14.4 Å². The molecule has 1 aliphatic heterocycles. The van der Waals surface area contributed by atoms with Crippen LogP contribution in [0, 0.1) is 0 Å². The zero-order chi connectivity index (χ0) is 14.4. The Morgan fingerprint density at radius 1 is 1.53 bits per heavy atom. The molecule has 0 aromatic heterocycles. The van der Waals surface area contributed by atoms with Gasteiger partial charge in [-0.1, -0.05) is 18.7 Å². The fraction of sp³-hybridized carbons (Fsp3) is 0.545. The summed E-state index contributed by atoms with van der Waals surface area (Å²) in [5.41, 5.74) is 3.03. The quantitative estimate of drug-likeness (QED) is 0.748. The molecular weight excluding hydrogens is 270 g/mol. The molecule has 8 heteroatoms. The minimum Gasteiger partial charge on any atom is -0.327 e. The maximum atomic E-state index is 11.6. The van der Waals surface area contributed by atoms with Gasteiger partial charge in [-0.25, -0.2) is 15.2 Å². The first-order valence-corrected chi connectivity index (χ1v) is 6.81. The second-order valence-corrected chi connectivity index (χ2v) is 4.95. The average molecular weight is 287 g/mol. The van der Waals surface area contributed by atoms with E-state index < -0.39 is 6.09 Å². The Labute approximate surface area is 115 Å². The maximum absolute atomic E-state index is 11.6. The standard InChI is InChI=1S/C11H17N3O4S/c1-4-5-9(16)14(3)11(17)18-13-10-7(2)12-8(15)6-19-10/h13H,4-6H2,1-3H3,(H,12,15). The summed E-state index contributed by atoms with van der Waals surface area (Å²) < 4.78 is 0. The average Bonchev–Trinajstić information content (AvgIpc) is 2.36. The highest BCUT2D eigenvalue weighted by Gasteiger charge is 2.20. The summed E-state index contributed by atoms with van der Waals surface area (Å²) in [6, 6.07) is 0. The molecule has 0 aromatic carbocycles. The van der Waals surface area contributed by atoms with Crippen molar-refractivity contribution >= 4 is 29.7 Å². The number of nitrogens with zero attached hydrogens (tertiary/aromatic N) is 1. The van der Waals surface area contributed by atoms with E-state index in [1.807, 2.05) is 6.92 Å². The van der Waals surface area contributed by atoms with Gasteiger partial charge in [-0.3, -0.25) is 9.59 Å². The molecule has 1 aliphatic rings. The van der Waals surface area contributed by atoms with E-state index >= 15 is 0 Å². The zero-order valence-corrected chi connectivity index (χ0v) is 11.9. The molecule has 106 valence electrons. The minimum absolute atomic E-state index is 0.102. The number of rotatable bonds is 4. The van der Waals surface area contributed by atoms with E-state index in [0.29, 0.717) is 17.1 Å². The van der Waals surface area contributed by atoms with Crippen LogP contribution in [0.4, 0.5) is 4.79 Å². The number of hydrogen-bond donors (Lipinski definition) is 2. The van der Waals surface area contributed by atoms with Crippen molar-refractivity contribution in [2.45, 2.75) is 26.7 Å². The van der Waals surface area contributed by atoms with E-state index in [1.165, 1.54) is 18.8 Å². The molecule has 1 heterocycles. The minimum atomic E-state index is -0.781. The van der Waals surface area contributed by atoms with Gasteiger partial charge in [0.1, 0.15) is 5.03 Å². The van der Waals surface area contributed by atoms with E-state index in [2.05, 4.69) is 10.8 Å². The molecule has 1 rings (SSSR count). The van der Waals surface area contributed by atoms with Gasteiger partial charge in [-0.2, -0.15) is 0 Å². The van der Waals surface area contributed by atoms with Crippen LogP contribution in [-0.4, -0.2) is 35.6 Å². The Bertz CT molecular complexity index is 422. The molecule has 0 atom stereocenters. The fourth-order valence-electron chi connectivity index (χ4n) is 1.30. The molecule has 0 aliphatic carbocycles. The van der Waals surface area contributed by atoms with Gasteiger partial charge in [0, 0.05) is 19.2 Å². The molecule has 0 spiro atoms. The molecule has 7 nitrogen and oxygen atoms in total. The van der Waals surface area contributed by atoms with Crippen LogP contribution >= 0.6 is 11.8 Å². The van der Waals surface area contributed by atoms with Gasteiger partial charge in [0.05, 0.1) is 5.75 Å². The molecule has 0 aromatic rings. The van der Waals surface area contributed by atoms with Gasteiger partial charge in [0.15, 0.2) is 0 Å². The van der Waals surface area contributed by atoms with Gasteiger partial charge in [0.2, 0.25) is 11.8 Å². The smallest absolute Gasteiger partial charge is 0.327 e. The Hall–Kier alpha value is -1.70. The molecule has 0 unspecified atom stereocenters. The Kier molecular flexibility index (Phi) is 5.68. The third kappa shape index (κ3) is 4.47. The summed E-state index contributed by atoms with van der Waals surface area (Å²) in [5.74, 6) is -0.152. The van der Waals surface area contributed by atoms with Gasteiger partial charge in [0.25, 0.3) is 0 Å². The molecule has 0 bridgehead atoms. The van der Waals surface area contributed by atoms with Crippen LogP contribution in [0.1, 0.15) is 26.7 Å². The summed E-state index contributed by atoms with van der Waals surface area (Å²) in [6.07, 6.45) is 0.171. The summed E-state index contributed by atoms with van der Waals surface area (Å²) in [6.45, 7) is 3.54. The number of amides is 3. The van der Waals surface area contributed by atoms with Gasteiger partial charge >= 0.3 is 6.09 Å². The molecular formula is C11H17N3O4S. The van der Waals surface area contributed by atoms with Gasteiger partial charge < -0.3 is 10.2 Å². The number of hydrogen-bond acceptors (Lipinski definition) is 6. The van der Waals surface area contributed by atoms with Crippen LogP contribution in [0.5, 0.6) is 0 Å². The molecule has 0 saturated carbocycles. The van der Waals surface area contributed by atoms with Crippen molar-refractivity contribution < 1.29 is 19.2 Å². The van der Waals surface area contributed by atoms with Crippen molar-refractivity contribution in [1.29, 1.82) is 0 Å². The van der Waals surface area contributed by atoms with Crippen molar-refractivity contribution in [2.24, 2.45) is 0 Å². The van der Waals surface area contributed by atoms with Crippen LogP contribution in [0.25, 0.3) is 0 Å². The molecule has 0 saturated heterocycles. The maximum Gasteiger partial charge on any atom is 0.440 e. The van der Waals surface area contributed by atoms with Crippen LogP contribution in [0.2, 0.25) is 0 Å². The van der Waals surface area contributed by atoms with Gasteiger partial charge in [-0.15, -0.1) is 0 Å². The van der Waals surface area contributed by atoms with Crippen LogP contribution in [0.15, 0.2) is 10.7 Å². The van der Waals surface area contributed by atoms with Crippen molar-refractivity contribution in [1.82, 2.24) is 15.7 Å². The van der Waals surface area contributed by atoms with Crippen LogP contribution in [-0.2, 0) is 14.4 Å². The highest BCUT2D eigenvalue weighted by Crippen LogP contribution is 2.19. The van der Waals surface area contributed by atoms with Crippen molar-refractivity contribution in [3.05, 3.63) is 10.7 Å². The molecule has 0 fully saturated rings. The number of imide groups is 1. The lowest BCUT2D eigenvalue weighted by Crippen LogP contribution is -2.38. The highest BCUT2D eigenvalue weighted by atomic mass is 32.2. The lowest BCUT2D eigenvalue weighted by molar-refractivity contribution is -0.128. The molecule has 3 amide bonds.